The number of carbonyl (C=O) groups is 1. The van der Waals surface area contributed by atoms with Crippen molar-refractivity contribution in [2.24, 2.45) is 0 Å². The van der Waals surface area contributed by atoms with Gasteiger partial charge >= 0.3 is 0 Å². The molecule has 0 bridgehead atoms. The first-order valence-electron chi connectivity index (χ1n) is 9.15. The Labute approximate surface area is 164 Å². The molecule has 5 nitrogen and oxygen atoms in total. The maximum atomic E-state index is 13.3. The summed E-state index contributed by atoms with van der Waals surface area (Å²) in [6, 6.07) is 14.2. The van der Waals surface area contributed by atoms with Gasteiger partial charge in [-0.25, -0.2) is 8.42 Å². The van der Waals surface area contributed by atoms with Gasteiger partial charge in [-0.2, -0.15) is 0 Å². The first-order valence-corrected chi connectivity index (χ1v) is 11.0. The molecule has 0 atom stereocenters. The average molecular weight is 395 g/mol. The van der Waals surface area contributed by atoms with Crippen LogP contribution in [0.4, 0.5) is 0 Å². The second-order valence-corrected chi connectivity index (χ2v) is 9.66. The van der Waals surface area contributed by atoms with Crippen molar-refractivity contribution in [2.45, 2.75) is 36.5 Å². The van der Waals surface area contributed by atoms with Crippen LogP contribution in [0.5, 0.6) is 0 Å². The van der Waals surface area contributed by atoms with E-state index in [9.17, 15) is 13.2 Å². The van der Waals surface area contributed by atoms with E-state index in [1.165, 1.54) is 12.5 Å². The quantitative estimate of drug-likeness (QED) is 0.591. The van der Waals surface area contributed by atoms with Gasteiger partial charge in [0.05, 0.1) is 16.7 Å². The molecule has 6 heteroatoms. The van der Waals surface area contributed by atoms with E-state index >= 15 is 0 Å². The molecule has 1 aliphatic rings. The van der Waals surface area contributed by atoms with Gasteiger partial charge in [0.2, 0.25) is 0 Å². The highest BCUT2D eigenvalue weighted by atomic mass is 32.2. The molecule has 0 aliphatic heterocycles. The van der Waals surface area contributed by atoms with Crippen LogP contribution in [0, 0.1) is 0 Å². The molecule has 0 spiro atoms. The van der Waals surface area contributed by atoms with Gasteiger partial charge in [-0.05, 0) is 36.5 Å². The molecule has 1 fully saturated rings. The lowest BCUT2D eigenvalue weighted by Gasteiger charge is -2.12. The van der Waals surface area contributed by atoms with Crippen molar-refractivity contribution in [1.82, 2.24) is 5.16 Å². The lowest BCUT2D eigenvalue weighted by molar-refractivity contribution is 0.103. The summed E-state index contributed by atoms with van der Waals surface area (Å²) in [6.07, 6.45) is 4.99. The van der Waals surface area contributed by atoms with Gasteiger partial charge < -0.3 is 4.52 Å². The Morgan fingerprint density at radius 3 is 2.36 bits per heavy atom. The van der Waals surface area contributed by atoms with Crippen LogP contribution in [0.3, 0.4) is 0 Å². The lowest BCUT2D eigenvalue weighted by Crippen LogP contribution is -2.11. The van der Waals surface area contributed by atoms with Crippen LogP contribution in [0.2, 0.25) is 0 Å². The normalized spacial score (nSPS) is 15.4. The number of benzene rings is 2. The van der Waals surface area contributed by atoms with Gasteiger partial charge in [0.25, 0.3) is 0 Å². The third-order valence-electron chi connectivity index (χ3n) is 5.38. The Hall–Kier alpha value is -2.73. The van der Waals surface area contributed by atoms with E-state index in [4.69, 9.17) is 4.52 Å². The predicted molar refractivity (Wildman–Crippen MR) is 105 cm³/mol. The fourth-order valence-electron chi connectivity index (χ4n) is 3.51. The molecule has 144 valence electrons. The van der Waals surface area contributed by atoms with Crippen molar-refractivity contribution in [3.8, 4) is 0 Å². The third kappa shape index (κ3) is 3.40. The maximum absolute atomic E-state index is 13.3. The number of nitrogens with zero attached hydrogens (tertiary/aromatic N) is 1. The third-order valence-corrected chi connectivity index (χ3v) is 6.58. The largest absolute Gasteiger partial charge is 0.360 e. The number of aromatic nitrogens is 1. The molecule has 0 amide bonds. The second kappa shape index (κ2) is 6.71. The van der Waals surface area contributed by atoms with Gasteiger partial charge in [-0.15, -0.1) is 0 Å². The van der Waals surface area contributed by atoms with Crippen LogP contribution in [-0.2, 0) is 21.7 Å². The minimum atomic E-state index is -3.36. The molecule has 1 heterocycles. The molecule has 0 unspecified atom stereocenters. The molecule has 0 saturated heterocycles. The van der Waals surface area contributed by atoms with E-state index in [-0.39, 0.29) is 16.1 Å². The predicted octanol–water partition coefficient (Wildman–Crippen LogP) is 3.95. The first kappa shape index (κ1) is 18.6. The van der Waals surface area contributed by atoms with E-state index < -0.39 is 9.84 Å². The molecule has 28 heavy (non-hydrogen) atoms. The molecule has 1 aliphatic carbocycles. The van der Waals surface area contributed by atoms with Gasteiger partial charge in [0.15, 0.2) is 21.4 Å². The van der Waals surface area contributed by atoms with Crippen molar-refractivity contribution in [3.05, 3.63) is 82.7 Å². The summed E-state index contributed by atoms with van der Waals surface area (Å²) < 4.78 is 29.7. The summed E-state index contributed by atoms with van der Waals surface area (Å²) in [6.45, 7) is 2.07. The molecule has 2 aromatic carbocycles. The van der Waals surface area contributed by atoms with Crippen LogP contribution < -0.4 is 0 Å². The lowest BCUT2D eigenvalue weighted by atomic mass is 9.92. The first-order chi connectivity index (χ1) is 13.3. The van der Waals surface area contributed by atoms with Crippen molar-refractivity contribution >= 4 is 15.6 Å². The molecule has 0 N–H and O–H groups in total. The van der Waals surface area contributed by atoms with Crippen LogP contribution in [0.25, 0.3) is 0 Å². The standard InChI is InChI=1S/C22H21NO4S/c1-22(11-12-22)21-18(14-23-27-21)20(24)17-9-5-3-7-15(17)13-16-8-4-6-10-19(16)28(2,25)26/h3-10,14H,11-13H2,1-2H3. The van der Waals surface area contributed by atoms with E-state index in [0.29, 0.717) is 28.9 Å². The van der Waals surface area contributed by atoms with E-state index in [1.807, 2.05) is 18.2 Å². The summed E-state index contributed by atoms with van der Waals surface area (Å²) in [7, 11) is -3.36. The van der Waals surface area contributed by atoms with Crippen LogP contribution in [0.15, 0.2) is 64.1 Å². The number of sulfone groups is 1. The van der Waals surface area contributed by atoms with Crippen LogP contribution in [-0.4, -0.2) is 25.6 Å². The smallest absolute Gasteiger partial charge is 0.198 e. The van der Waals surface area contributed by atoms with E-state index in [0.717, 1.165) is 18.4 Å². The zero-order chi connectivity index (χ0) is 19.9. The fraction of sp³-hybridized carbons (Fsp3) is 0.273. The van der Waals surface area contributed by atoms with Crippen molar-refractivity contribution < 1.29 is 17.7 Å². The zero-order valence-corrected chi connectivity index (χ0v) is 16.6. The number of rotatable bonds is 6. The van der Waals surface area contributed by atoms with Crippen molar-refractivity contribution in [2.75, 3.05) is 6.26 Å². The van der Waals surface area contributed by atoms with Gasteiger partial charge in [-0.1, -0.05) is 54.5 Å². The van der Waals surface area contributed by atoms with Gasteiger partial charge in [0.1, 0.15) is 0 Å². The topological polar surface area (TPSA) is 77.2 Å². The Bertz CT molecular complexity index is 1160. The monoisotopic (exact) mass is 395 g/mol. The van der Waals surface area contributed by atoms with Gasteiger partial charge in [-0.3, -0.25) is 4.79 Å². The molecule has 4 rings (SSSR count). The van der Waals surface area contributed by atoms with Crippen molar-refractivity contribution in [3.63, 3.8) is 0 Å². The molecule has 1 aromatic heterocycles. The minimum Gasteiger partial charge on any atom is -0.360 e. The van der Waals surface area contributed by atoms with Gasteiger partial charge in [0, 0.05) is 17.2 Å². The van der Waals surface area contributed by atoms with Crippen LogP contribution >= 0.6 is 0 Å². The Kier molecular flexibility index (Phi) is 4.46. The van der Waals surface area contributed by atoms with E-state index in [1.54, 1.807) is 30.3 Å². The average Bonchev–Trinajstić information content (AvgIpc) is 3.21. The number of ketones is 1. The molecular formula is C22H21NO4S. The van der Waals surface area contributed by atoms with Crippen molar-refractivity contribution in [1.29, 1.82) is 0 Å². The molecular weight excluding hydrogens is 374 g/mol. The maximum Gasteiger partial charge on any atom is 0.198 e. The highest BCUT2D eigenvalue weighted by molar-refractivity contribution is 7.90. The fourth-order valence-corrected chi connectivity index (χ4v) is 4.45. The Morgan fingerprint density at radius 2 is 1.68 bits per heavy atom. The summed E-state index contributed by atoms with van der Waals surface area (Å²) >= 11 is 0. The summed E-state index contributed by atoms with van der Waals surface area (Å²) in [5.74, 6) is 0.501. The number of carbonyl (C=O) groups excluding carboxylic acids is 1. The molecule has 1 saturated carbocycles. The zero-order valence-electron chi connectivity index (χ0n) is 15.8. The Balaban J connectivity index is 1.74. The Morgan fingerprint density at radius 1 is 1.04 bits per heavy atom. The number of hydrogen-bond donors (Lipinski definition) is 0. The van der Waals surface area contributed by atoms with Crippen LogP contribution in [0.1, 0.15) is 52.6 Å². The summed E-state index contributed by atoms with van der Waals surface area (Å²) in [5, 5.41) is 3.86. The summed E-state index contributed by atoms with van der Waals surface area (Å²) in [5.41, 5.74) is 2.37. The second-order valence-electron chi connectivity index (χ2n) is 7.67. The number of hydrogen-bond acceptors (Lipinski definition) is 5. The SMILES string of the molecule is CC1(c2oncc2C(=O)c2ccccc2Cc2ccccc2S(C)(=O)=O)CC1. The highest BCUT2D eigenvalue weighted by Gasteiger charge is 2.45. The molecule has 0 radical (unpaired) electrons. The highest BCUT2D eigenvalue weighted by Crippen LogP contribution is 2.49. The summed E-state index contributed by atoms with van der Waals surface area (Å²) in [4.78, 5) is 13.6. The van der Waals surface area contributed by atoms with E-state index in [2.05, 4.69) is 12.1 Å². The minimum absolute atomic E-state index is 0.112. The molecule has 3 aromatic rings.